The molecule has 0 saturated heterocycles. The number of carbonyl (C=O) groups is 3. The molecule has 0 fully saturated rings. The van der Waals surface area contributed by atoms with Crippen LogP contribution in [0.4, 0.5) is 21.9 Å². The van der Waals surface area contributed by atoms with Gasteiger partial charge in [-0.2, -0.15) is 0 Å². The number of urea groups is 1. The smallest absolute Gasteiger partial charge is 0.323 e. The zero-order valence-corrected chi connectivity index (χ0v) is 13.3. The number of amides is 3. The second-order valence-corrected chi connectivity index (χ2v) is 4.96. The first-order valence-corrected chi connectivity index (χ1v) is 7.16. The molecule has 0 aromatic heterocycles. The molecule has 0 saturated carbocycles. The van der Waals surface area contributed by atoms with E-state index in [1.165, 1.54) is 19.9 Å². The largest absolute Gasteiger partial charge is 0.427 e. The van der Waals surface area contributed by atoms with Crippen LogP contribution in [0.15, 0.2) is 48.5 Å². The number of hydrogen-bond donors (Lipinski definition) is 3. The summed E-state index contributed by atoms with van der Waals surface area (Å²) in [4.78, 5) is 34.0. The fraction of sp³-hybridized carbons (Fsp3) is 0.118. The van der Waals surface area contributed by atoms with Gasteiger partial charge >= 0.3 is 12.0 Å². The summed E-state index contributed by atoms with van der Waals surface area (Å²) in [7, 11) is 0. The average molecular weight is 327 g/mol. The third kappa shape index (κ3) is 5.45. The van der Waals surface area contributed by atoms with Crippen molar-refractivity contribution in [1.29, 1.82) is 0 Å². The fourth-order valence-electron chi connectivity index (χ4n) is 1.97. The van der Waals surface area contributed by atoms with Gasteiger partial charge in [-0.3, -0.25) is 9.59 Å². The highest BCUT2D eigenvalue weighted by atomic mass is 16.5. The molecule has 3 amide bonds. The summed E-state index contributed by atoms with van der Waals surface area (Å²) in [6.45, 7) is 2.71. The number of benzene rings is 2. The minimum atomic E-state index is -0.463. The molecule has 2 aromatic rings. The van der Waals surface area contributed by atoms with E-state index in [1.807, 2.05) is 0 Å². The number of nitrogens with one attached hydrogen (secondary N) is 3. The van der Waals surface area contributed by atoms with E-state index in [0.29, 0.717) is 22.8 Å². The maximum atomic E-state index is 12.0. The lowest BCUT2D eigenvalue weighted by molar-refractivity contribution is -0.131. The number of rotatable bonds is 4. The van der Waals surface area contributed by atoms with E-state index in [2.05, 4.69) is 16.0 Å². The number of ether oxygens (including phenoxy) is 1. The third-order valence-electron chi connectivity index (χ3n) is 2.79. The number of carbonyl (C=O) groups excluding carboxylic acids is 3. The minimum Gasteiger partial charge on any atom is -0.427 e. The highest BCUT2D eigenvalue weighted by molar-refractivity contribution is 6.00. The normalized spacial score (nSPS) is 9.75. The summed E-state index contributed by atoms with van der Waals surface area (Å²) in [6, 6.07) is 12.8. The molecule has 0 radical (unpaired) electrons. The fourth-order valence-corrected chi connectivity index (χ4v) is 1.97. The monoisotopic (exact) mass is 327 g/mol. The molecule has 0 atom stereocenters. The molecule has 7 nitrogen and oxygen atoms in total. The predicted octanol–water partition coefficient (Wildman–Crippen LogP) is 3.21. The maximum Gasteiger partial charge on any atom is 0.323 e. The van der Waals surface area contributed by atoms with Crippen LogP contribution in [0.1, 0.15) is 13.8 Å². The van der Waals surface area contributed by atoms with Crippen molar-refractivity contribution in [1.82, 2.24) is 0 Å². The van der Waals surface area contributed by atoms with Crippen LogP contribution in [0, 0.1) is 0 Å². The second kappa shape index (κ2) is 7.77. The van der Waals surface area contributed by atoms with Gasteiger partial charge < -0.3 is 20.7 Å². The van der Waals surface area contributed by atoms with Crippen molar-refractivity contribution in [3.63, 3.8) is 0 Å². The molecule has 7 heteroatoms. The molecule has 2 rings (SSSR count). The van der Waals surface area contributed by atoms with Gasteiger partial charge in [-0.25, -0.2) is 4.79 Å². The number of esters is 1. The lowest BCUT2D eigenvalue weighted by Gasteiger charge is -2.10. The van der Waals surface area contributed by atoms with Crippen molar-refractivity contribution in [2.75, 3.05) is 16.0 Å². The van der Waals surface area contributed by atoms with E-state index in [0.717, 1.165) is 0 Å². The molecular weight excluding hydrogens is 310 g/mol. The van der Waals surface area contributed by atoms with Crippen molar-refractivity contribution < 1.29 is 19.1 Å². The Morgan fingerprint density at radius 1 is 0.792 bits per heavy atom. The first-order valence-electron chi connectivity index (χ1n) is 7.16. The summed E-state index contributed by atoms with van der Waals surface area (Å²) < 4.78 is 4.96. The Labute approximate surface area is 139 Å². The van der Waals surface area contributed by atoms with E-state index in [-0.39, 0.29) is 5.91 Å². The molecule has 0 bridgehead atoms. The maximum absolute atomic E-state index is 12.0. The van der Waals surface area contributed by atoms with Crippen molar-refractivity contribution in [3.05, 3.63) is 48.5 Å². The van der Waals surface area contributed by atoms with Gasteiger partial charge in [-0.1, -0.05) is 12.1 Å². The molecule has 0 unspecified atom stereocenters. The van der Waals surface area contributed by atoms with Gasteiger partial charge in [0, 0.05) is 37.0 Å². The Bertz CT molecular complexity index is 710. The van der Waals surface area contributed by atoms with Crippen LogP contribution >= 0.6 is 0 Å². The van der Waals surface area contributed by atoms with Crippen LogP contribution < -0.4 is 20.7 Å². The molecule has 0 heterocycles. The summed E-state index contributed by atoms with van der Waals surface area (Å²) in [5, 5.41) is 7.93. The highest BCUT2D eigenvalue weighted by Crippen LogP contribution is 2.19. The van der Waals surface area contributed by atoms with Crippen LogP contribution in [-0.2, 0) is 9.59 Å². The van der Waals surface area contributed by atoms with Gasteiger partial charge in [-0.05, 0) is 30.3 Å². The van der Waals surface area contributed by atoms with E-state index in [4.69, 9.17) is 4.74 Å². The zero-order chi connectivity index (χ0) is 17.5. The van der Waals surface area contributed by atoms with Crippen LogP contribution in [0.2, 0.25) is 0 Å². The topological polar surface area (TPSA) is 96.5 Å². The van der Waals surface area contributed by atoms with Crippen LogP contribution in [0.25, 0.3) is 0 Å². The molecule has 124 valence electrons. The van der Waals surface area contributed by atoms with Gasteiger partial charge in [0.2, 0.25) is 5.91 Å². The molecule has 3 N–H and O–H groups in total. The van der Waals surface area contributed by atoms with E-state index in [1.54, 1.807) is 42.5 Å². The Morgan fingerprint density at radius 3 is 1.92 bits per heavy atom. The molecule has 0 spiro atoms. The van der Waals surface area contributed by atoms with Crippen molar-refractivity contribution >= 4 is 35.0 Å². The summed E-state index contributed by atoms with van der Waals surface area (Å²) in [5.41, 5.74) is 1.58. The standard InChI is InChI=1S/C17H17N3O4/c1-11(21)18-13-5-3-6-14(9-13)19-17(23)20-15-7-4-8-16(10-15)24-12(2)22/h3-10H,1-2H3,(H,18,21)(H2,19,20,23). The quantitative estimate of drug-likeness (QED) is 0.593. The molecule has 0 aliphatic heterocycles. The van der Waals surface area contributed by atoms with E-state index < -0.39 is 12.0 Å². The van der Waals surface area contributed by atoms with Gasteiger partial charge in [0.15, 0.2) is 0 Å². The third-order valence-corrected chi connectivity index (χ3v) is 2.79. The molecule has 0 aliphatic carbocycles. The Balaban J connectivity index is 2.00. The molecular formula is C17H17N3O4. The lowest BCUT2D eigenvalue weighted by atomic mass is 10.2. The van der Waals surface area contributed by atoms with Crippen LogP contribution in [0.5, 0.6) is 5.75 Å². The van der Waals surface area contributed by atoms with Gasteiger partial charge in [-0.15, -0.1) is 0 Å². The Morgan fingerprint density at radius 2 is 1.33 bits per heavy atom. The van der Waals surface area contributed by atoms with Crippen molar-refractivity contribution in [2.45, 2.75) is 13.8 Å². The van der Waals surface area contributed by atoms with E-state index in [9.17, 15) is 14.4 Å². The predicted molar refractivity (Wildman–Crippen MR) is 91.1 cm³/mol. The average Bonchev–Trinajstić information content (AvgIpc) is 2.46. The number of anilines is 3. The Kier molecular flexibility index (Phi) is 5.51. The van der Waals surface area contributed by atoms with Gasteiger partial charge in [0.25, 0.3) is 0 Å². The first-order chi connectivity index (χ1) is 11.4. The van der Waals surface area contributed by atoms with Gasteiger partial charge in [0.1, 0.15) is 5.75 Å². The molecule has 24 heavy (non-hydrogen) atoms. The van der Waals surface area contributed by atoms with Crippen LogP contribution in [0.3, 0.4) is 0 Å². The summed E-state index contributed by atoms with van der Waals surface area (Å²) >= 11 is 0. The highest BCUT2D eigenvalue weighted by Gasteiger charge is 2.06. The number of hydrogen-bond acceptors (Lipinski definition) is 4. The van der Waals surface area contributed by atoms with Crippen molar-refractivity contribution in [2.24, 2.45) is 0 Å². The SMILES string of the molecule is CC(=O)Nc1cccc(NC(=O)Nc2cccc(OC(C)=O)c2)c1. The van der Waals surface area contributed by atoms with Crippen LogP contribution in [-0.4, -0.2) is 17.9 Å². The van der Waals surface area contributed by atoms with E-state index >= 15 is 0 Å². The van der Waals surface area contributed by atoms with Gasteiger partial charge in [0.05, 0.1) is 0 Å². The first kappa shape index (κ1) is 17.0. The zero-order valence-electron chi connectivity index (χ0n) is 13.3. The van der Waals surface area contributed by atoms with Crippen molar-refractivity contribution in [3.8, 4) is 5.75 Å². The summed E-state index contributed by atoms with van der Waals surface area (Å²) in [5.74, 6) is -0.293. The molecule has 0 aliphatic rings. The minimum absolute atomic E-state index is 0.195. The Hall–Kier alpha value is -3.35. The lowest BCUT2D eigenvalue weighted by Crippen LogP contribution is -2.19. The second-order valence-electron chi connectivity index (χ2n) is 4.96. The molecule has 2 aromatic carbocycles. The summed E-state index contributed by atoms with van der Waals surface area (Å²) in [6.07, 6.45) is 0.